The first kappa shape index (κ1) is 9.21. The Labute approximate surface area is 83.0 Å². The van der Waals surface area contributed by atoms with E-state index in [-0.39, 0.29) is 12.7 Å². The summed E-state index contributed by atoms with van der Waals surface area (Å²) < 4.78 is 0. The monoisotopic (exact) mass is 191 g/mol. The summed E-state index contributed by atoms with van der Waals surface area (Å²) in [5, 5.41) is 12.7. The quantitative estimate of drug-likeness (QED) is 0.792. The maximum Gasteiger partial charge on any atom is 0.157 e. The first-order valence-corrected chi connectivity index (χ1v) is 4.77. The van der Waals surface area contributed by atoms with Gasteiger partial charge in [0.2, 0.25) is 0 Å². The smallest absolute Gasteiger partial charge is 0.157 e. The van der Waals surface area contributed by atoms with Crippen LogP contribution in [0.25, 0.3) is 0 Å². The first-order chi connectivity index (χ1) is 6.90. The SMILES string of the molecule is OCCC1=NOC(c2ccccc2)C1. The Morgan fingerprint density at radius 3 is 2.86 bits per heavy atom. The lowest BCUT2D eigenvalue weighted by Gasteiger charge is -2.07. The summed E-state index contributed by atoms with van der Waals surface area (Å²) in [6.45, 7) is 0.143. The van der Waals surface area contributed by atoms with Crippen LogP contribution < -0.4 is 0 Å². The Kier molecular flexibility index (Phi) is 2.79. The van der Waals surface area contributed by atoms with Crippen molar-refractivity contribution in [1.82, 2.24) is 0 Å². The van der Waals surface area contributed by atoms with Crippen molar-refractivity contribution in [2.24, 2.45) is 5.16 Å². The number of aliphatic hydroxyl groups excluding tert-OH is 1. The van der Waals surface area contributed by atoms with E-state index >= 15 is 0 Å². The van der Waals surface area contributed by atoms with Crippen LogP contribution in [0.15, 0.2) is 35.5 Å². The average molecular weight is 191 g/mol. The average Bonchev–Trinajstić information content (AvgIpc) is 2.68. The summed E-state index contributed by atoms with van der Waals surface area (Å²) in [4.78, 5) is 5.28. The fourth-order valence-corrected chi connectivity index (χ4v) is 1.55. The largest absolute Gasteiger partial charge is 0.396 e. The van der Waals surface area contributed by atoms with Gasteiger partial charge in [-0.15, -0.1) is 0 Å². The highest BCUT2D eigenvalue weighted by Gasteiger charge is 2.21. The second-order valence-electron chi connectivity index (χ2n) is 3.34. The Balaban J connectivity index is 1.99. The summed E-state index contributed by atoms with van der Waals surface area (Å²) in [5.74, 6) is 0. The molecule has 3 heteroatoms. The fraction of sp³-hybridized carbons (Fsp3) is 0.364. The van der Waals surface area contributed by atoms with E-state index in [1.807, 2.05) is 30.3 Å². The molecule has 0 bridgehead atoms. The number of benzene rings is 1. The number of hydrogen-bond acceptors (Lipinski definition) is 3. The number of rotatable bonds is 3. The summed E-state index contributed by atoms with van der Waals surface area (Å²) in [7, 11) is 0. The summed E-state index contributed by atoms with van der Waals surface area (Å²) >= 11 is 0. The minimum absolute atomic E-state index is 0.0396. The molecule has 14 heavy (non-hydrogen) atoms. The molecule has 0 spiro atoms. The van der Waals surface area contributed by atoms with E-state index in [1.165, 1.54) is 0 Å². The van der Waals surface area contributed by atoms with Crippen molar-refractivity contribution in [2.45, 2.75) is 18.9 Å². The molecule has 1 unspecified atom stereocenters. The highest BCUT2D eigenvalue weighted by molar-refractivity contribution is 5.85. The van der Waals surface area contributed by atoms with E-state index in [1.54, 1.807) is 0 Å². The molecule has 1 aliphatic rings. The van der Waals surface area contributed by atoms with Crippen LogP contribution in [0.1, 0.15) is 24.5 Å². The van der Waals surface area contributed by atoms with Crippen LogP contribution in [0.2, 0.25) is 0 Å². The second-order valence-corrected chi connectivity index (χ2v) is 3.34. The van der Waals surface area contributed by atoms with E-state index in [2.05, 4.69) is 5.16 Å². The minimum atomic E-state index is 0.0396. The molecule has 0 aliphatic carbocycles. The number of aliphatic hydroxyl groups is 1. The highest BCUT2D eigenvalue weighted by atomic mass is 16.6. The molecular weight excluding hydrogens is 178 g/mol. The fourth-order valence-electron chi connectivity index (χ4n) is 1.55. The van der Waals surface area contributed by atoms with Gasteiger partial charge in [-0.1, -0.05) is 35.5 Å². The molecule has 1 aromatic carbocycles. The van der Waals surface area contributed by atoms with Gasteiger partial charge in [-0.25, -0.2) is 0 Å². The molecule has 0 saturated heterocycles. The van der Waals surface area contributed by atoms with Gasteiger partial charge in [-0.2, -0.15) is 0 Å². The lowest BCUT2D eigenvalue weighted by atomic mass is 10.0. The van der Waals surface area contributed by atoms with Gasteiger partial charge in [0.1, 0.15) is 0 Å². The summed E-state index contributed by atoms with van der Waals surface area (Å²) in [6.07, 6.45) is 1.45. The standard InChI is InChI=1S/C11H13NO2/c13-7-6-10-8-11(14-12-10)9-4-2-1-3-5-9/h1-5,11,13H,6-8H2. The molecule has 3 nitrogen and oxygen atoms in total. The van der Waals surface area contributed by atoms with Crippen molar-refractivity contribution < 1.29 is 9.94 Å². The Morgan fingerprint density at radius 1 is 1.36 bits per heavy atom. The van der Waals surface area contributed by atoms with Gasteiger partial charge in [0.05, 0.1) is 5.71 Å². The van der Waals surface area contributed by atoms with Crippen LogP contribution in [0, 0.1) is 0 Å². The summed E-state index contributed by atoms with van der Waals surface area (Å²) in [5.41, 5.74) is 2.09. The molecule has 1 N–H and O–H groups in total. The predicted octanol–water partition coefficient (Wildman–Crippen LogP) is 1.89. The third kappa shape index (κ3) is 1.93. The van der Waals surface area contributed by atoms with Crippen molar-refractivity contribution in [3.05, 3.63) is 35.9 Å². The minimum Gasteiger partial charge on any atom is -0.396 e. The number of nitrogens with zero attached hydrogens (tertiary/aromatic N) is 1. The molecule has 0 fully saturated rings. The van der Waals surface area contributed by atoms with Crippen LogP contribution in [-0.4, -0.2) is 17.4 Å². The third-order valence-electron chi connectivity index (χ3n) is 2.30. The first-order valence-electron chi connectivity index (χ1n) is 4.77. The van der Waals surface area contributed by atoms with Gasteiger partial charge >= 0.3 is 0 Å². The molecule has 0 amide bonds. The maximum atomic E-state index is 8.75. The predicted molar refractivity (Wildman–Crippen MR) is 54.0 cm³/mol. The van der Waals surface area contributed by atoms with E-state index in [0.29, 0.717) is 6.42 Å². The molecule has 0 aromatic heterocycles. The van der Waals surface area contributed by atoms with E-state index < -0.39 is 0 Å². The zero-order valence-electron chi connectivity index (χ0n) is 7.89. The van der Waals surface area contributed by atoms with Gasteiger partial charge in [-0.3, -0.25) is 0 Å². The van der Waals surface area contributed by atoms with Gasteiger partial charge in [0.25, 0.3) is 0 Å². The zero-order chi connectivity index (χ0) is 9.80. The van der Waals surface area contributed by atoms with Gasteiger partial charge in [-0.05, 0) is 5.56 Å². The van der Waals surface area contributed by atoms with Crippen LogP contribution in [0.5, 0.6) is 0 Å². The molecule has 2 rings (SSSR count). The molecule has 0 radical (unpaired) electrons. The van der Waals surface area contributed by atoms with Crippen molar-refractivity contribution >= 4 is 5.71 Å². The zero-order valence-corrected chi connectivity index (χ0v) is 7.89. The Bertz CT molecular complexity index is 321. The topological polar surface area (TPSA) is 41.8 Å². The van der Waals surface area contributed by atoms with Gasteiger partial charge < -0.3 is 9.94 Å². The number of oxime groups is 1. The van der Waals surface area contributed by atoms with Crippen LogP contribution in [0.4, 0.5) is 0 Å². The lowest BCUT2D eigenvalue weighted by Crippen LogP contribution is -2.01. The van der Waals surface area contributed by atoms with Gasteiger partial charge in [0, 0.05) is 19.4 Å². The van der Waals surface area contributed by atoms with Crippen LogP contribution in [0.3, 0.4) is 0 Å². The molecule has 1 heterocycles. The van der Waals surface area contributed by atoms with Crippen molar-refractivity contribution in [1.29, 1.82) is 0 Å². The maximum absolute atomic E-state index is 8.75. The normalized spacial score (nSPS) is 20.4. The molecule has 1 atom stereocenters. The van der Waals surface area contributed by atoms with Crippen LogP contribution in [-0.2, 0) is 4.84 Å². The number of hydrogen-bond donors (Lipinski definition) is 1. The molecular formula is C11H13NO2. The van der Waals surface area contributed by atoms with Crippen molar-refractivity contribution in [3.63, 3.8) is 0 Å². The summed E-state index contributed by atoms with van der Waals surface area (Å²) in [6, 6.07) is 10.0. The Morgan fingerprint density at radius 2 is 2.14 bits per heavy atom. The molecule has 74 valence electrons. The molecule has 0 saturated carbocycles. The second kappa shape index (κ2) is 4.24. The third-order valence-corrected chi connectivity index (χ3v) is 2.30. The van der Waals surface area contributed by atoms with E-state index in [4.69, 9.17) is 9.94 Å². The van der Waals surface area contributed by atoms with Crippen molar-refractivity contribution in [2.75, 3.05) is 6.61 Å². The van der Waals surface area contributed by atoms with Crippen LogP contribution >= 0.6 is 0 Å². The molecule has 1 aromatic rings. The lowest BCUT2D eigenvalue weighted by molar-refractivity contribution is 0.0857. The van der Waals surface area contributed by atoms with E-state index in [0.717, 1.165) is 17.7 Å². The molecule has 1 aliphatic heterocycles. The van der Waals surface area contributed by atoms with E-state index in [9.17, 15) is 0 Å². The Hall–Kier alpha value is -1.35. The van der Waals surface area contributed by atoms with Gasteiger partial charge in [0.15, 0.2) is 6.10 Å². The highest BCUT2D eigenvalue weighted by Crippen LogP contribution is 2.27. The van der Waals surface area contributed by atoms with Crippen molar-refractivity contribution in [3.8, 4) is 0 Å².